The summed E-state index contributed by atoms with van der Waals surface area (Å²) in [6, 6.07) is 4.30. The smallest absolute Gasteiger partial charge is 0.263 e. The lowest BCUT2D eigenvalue weighted by atomic mass is 10.0. The zero-order valence-corrected chi connectivity index (χ0v) is 16.5. The van der Waals surface area contributed by atoms with Gasteiger partial charge in [-0.15, -0.1) is 11.8 Å². The van der Waals surface area contributed by atoms with Crippen molar-refractivity contribution in [2.24, 2.45) is 0 Å². The van der Waals surface area contributed by atoms with Crippen LogP contribution in [0.15, 0.2) is 23.1 Å². The van der Waals surface area contributed by atoms with E-state index in [2.05, 4.69) is 21.2 Å². The van der Waals surface area contributed by atoms with Crippen LogP contribution >= 0.6 is 27.7 Å². The van der Waals surface area contributed by atoms with Crippen LogP contribution in [0.4, 0.5) is 0 Å². The SMILES string of the molecule is O=C1CCC(N2C(=O)c3cccc(SCCCCCBr)c3C2=O)C(=O)N1. The highest BCUT2D eigenvalue weighted by Gasteiger charge is 2.45. The predicted molar refractivity (Wildman–Crippen MR) is 101 cm³/mol. The second-order valence-electron chi connectivity index (χ2n) is 6.22. The Morgan fingerprint density at radius 3 is 2.65 bits per heavy atom. The monoisotopic (exact) mass is 438 g/mol. The van der Waals surface area contributed by atoms with E-state index in [1.807, 2.05) is 6.07 Å². The van der Waals surface area contributed by atoms with Crippen LogP contribution in [-0.4, -0.2) is 45.7 Å². The zero-order valence-electron chi connectivity index (χ0n) is 14.1. The molecule has 0 radical (unpaired) electrons. The number of imide groups is 2. The molecule has 3 rings (SSSR count). The zero-order chi connectivity index (χ0) is 18.7. The Morgan fingerprint density at radius 2 is 1.92 bits per heavy atom. The number of hydrogen-bond acceptors (Lipinski definition) is 5. The third-order valence-electron chi connectivity index (χ3n) is 4.47. The van der Waals surface area contributed by atoms with Crippen LogP contribution in [0.2, 0.25) is 0 Å². The number of thioether (sulfide) groups is 1. The summed E-state index contributed by atoms with van der Waals surface area (Å²) in [5.41, 5.74) is 0.720. The van der Waals surface area contributed by atoms with Gasteiger partial charge in [-0.25, -0.2) is 0 Å². The van der Waals surface area contributed by atoms with Gasteiger partial charge >= 0.3 is 0 Å². The minimum atomic E-state index is -0.920. The van der Waals surface area contributed by atoms with Gasteiger partial charge in [0.25, 0.3) is 11.8 Å². The summed E-state index contributed by atoms with van der Waals surface area (Å²) < 4.78 is 0. The number of nitrogens with one attached hydrogen (secondary N) is 1. The van der Waals surface area contributed by atoms with Gasteiger partial charge in [-0.2, -0.15) is 0 Å². The van der Waals surface area contributed by atoms with Gasteiger partial charge in [0.1, 0.15) is 6.04 Å². The maximum absolute atomic E-state index is 12.9. The van der Waals surface area contributed by atoms with Crippen molar-refractivity contribution in [1.82, 2.24) is 10.2 Å². The van der Waals surface area contributed by atoms with Crippen LogP contribution in [0.5, 0.6) is 0 Å². The fourth-order valence-electron chi connectivity index (χ4n) is 3.16. The summed E-state index contributed by atoms with van der Waals surface area (Å²) >= 11 is 4.97. The standard InChI is InChI=1S/C18H19BrN2O4S/c19-9-2-1-3-10-26-13-6-4-5-11-15(13)18(25)21(17(11)24)12-7-8-14(22)20-16(12)23/h4-6,12H,1-3,7-10H2,(H,20,22,23). The van der Waals surface area contributed by atoms with Crippen molar-refractivity contribution in [1.29, 1.82) is 0 Å². The average molecular weight is 439 g/mol. The molecular formula is C18H19BrN2O4S. The van der Waals surface area contributed by atoms with E-state index in [1.165, 1.54) is 0 Å². The van der Waals surface area contributed by atoms with Crippen molar-refractivity contribution in [3.63, 3.8) is 0 Å². The number of benzene rings is 1. The quantitative estimate of drug-likeness (QED) is 0.306. The van der Waals surface area contributed by atoms with Crippen molar-refractivity contribution >= 4 is 51.3 Å². The van der Waals surface area contributed by atoms with Gasteiger partial charge in [0.15, 0.2) is 0 Å². The second kappa shape index (κ2) is 8.35. The first-order chi connectivity index (χ1) is 12.5. The number of piperidine rings is 1. The maximum Gasteiger partial charge on any atom is 0.263 e. The Morgan fingerprint density at radius 1 is 1.12 bits per heavy atom. The molecule has 0 spiro atoms. The van der Waals surface area contributed by atoms with Crippen LogP contribution in [-0.2, 0) is 9.59 Å². The minimum absolute atomic E-state index is 0.124. The van der Waals surface area contributed by atoms with Crippen LogP contribution < -0.4 is 5.32 Å². The number of unbranched alkanes of at least 4 members (excludes halogenated alkanes) is 2. The van der Waals surface area contributed by atoms with Gasteiger partial charge in [-0.3, -0.25) is 29.4 Å². The molecule has 2 aliphatic rings. The number of alkyl halides is 1. The number of carbonyl (C=O) groups is 4. The van der Waals surface area contributed by atoms with Gasteiger partial charge < -0.3 is 0 Å². The first kappa shape index (κ1) is 19.1. The molecule has 2 aliphatic heterocycles. The van der Waals surface area contributed by atoms with Gasteiger partial charge in [0.05, 0.1) is 11.1 Å². The molecule has 1 atom stereocenters. The Labute approximate surface area is 164 Å². The molecule has 0 saturated carbocycles. The Hall–Kier alpha value is -1.67. The topological polar surface area (TPSA) is 83.6 Å². The van der Waals surface area contributed by atoms with Gasteiger partial charge in [-0.1, -0.05) is 28.4 Å². The number of rotatable bonds is 7. The molecule has 0 aliphatic carbocycles. The minimum Gasteiger partial charge on any atom is -0.295 e. The van der Waals surface area contributed by atoms with E-state index in [0.717, 1.165) is 40.1 Å². The third-order valence-corrected chi connectivity index (χ3v) is 6.17. The molecule has 1 saturated heterocycles. The fraction of sp³-hybridized carbons (Fsp3) is 0.444. The molecule has 4 amide bonds. The first-order valence-electron chi connectivity index (χ1n) is 8.58. The predicted octanol–water partition coefficient (Wildman–Crippen LogP) is 2.75. The molecule has 1 aromatic rings. The lowest BCUT2D eigenvalue weighted by molar-refractivity contribution is -0.136. The number of amides is 4. The largest absolute Gasteiger partial charge is 0.295 e. The molecule has 8 heteroatoms. The molecule has 138 valence electrons. The number of fused-ring (bicyclic) bond motifs is 1. The Bertz CT molecular complexity index is 768. The average Bonchev–Trinajstić information content (AvgIpc) is 2.87. The Balaban J connectivity index is 1.78. The molecule has 6 nitrogen and oxygen atoms in total. The molecule has 1 unspecified atom stereocenters. The summed E-state index contributed by atoms with van der Waals surface area (Å²) in [5.74, 6) is -0.991. The summed E-state index contributed by atoms with van der Waals surface area (Å²) in [6.45, 7) is 0. The molecule has 1 aromatic carbocycles. The molecule has 1 fully saturated rings. The van der Waals surface area contributed by atoms with Crippen LogP contribution in [0, 0.1) is 0 Å². The van der Waals surface area contributed by atoms with Crippen molar-refractivity contribution in [3.05, 3.63) is 29.3 Å². The summed E-state index contributed by atoms with van der Waals surface area (Å²) in [7, 11) is 0. The lowest BCUT2D eigenvalue weighted by Gasteiger charge is -2.27. The van der Waals surface area contributed by atoms with Crippen LogP contribution in [0.1, 0.15) is 52.8 Å². The van der Waals surface area contributed by atoms with Crippen molar-refractivity contribution in [2.45, 2.75) is 43.0 Å². The highest BCUT2D eigenvalue weighted by atomic mass is 79.9. The van der Waals surface area contributed by atoms with E-state index in [-0.39, 0.29) is 18.7 Å². The number of halogens is 1. The van der Waals surface area contributed by atoms with Crippen molar-refractivity contribution < 1.29 is 19.2 Å². The molecule has 0 bridgehead atoms. The second-order valence-corrected chi connectivity index (χ2v) is 8.15. The lowest BCUT2D eigenvalue weighted by Crippen LogP contribution is -2.54. The number of carbonyl (C=O) groups excluding carboxylic acids is 4. The molecule has 2 heterocycles. The van der Waals surface area contributed by atoms with E-state index in [0.29, 0.717) is 11.1 Å². The molecular weight excluding hydrogens is 420 g/mol. The summed E-state index contributed by atoms with van der Waals surface area (Å²) in [5, 5.41) is 3.19. The maximum atomic E-state index is 12.9. The van der Waals surface area contributed by atoms with Crippen molar-refractivity contribution in [2.75, 3.05) is 11.1 Å². The van der Waals surface area contributed by atoms with Gasteiger partial charge in [0, 0.05) is 16.6 Å². The van der Waals surface area contributed by atoms with Gasteiger partial charge in [-0.05, 0) is 37.1 Å². The van der Waals surface area contributed by atoms with Crippen LogP contribution in [0.25, 0.3) is 0 Å². The first-order valence-corrected chi connectivity index (χ1v) is 10.7. The molecule has 0 aromatic heterocycles. The van der Waals surface area contributed by atoms with E-state index >= 15 is 0 Å². The molecule has 26 heavy (non-hydrogen) atoms. The Kier molecular flexibility index (Phi) is 6.13. The van der Waals surface area contributed by atoms with E-state index in [1.54, 1.807) is 23.9 Å². The normalized spacial score (nSPS) is 19.7. The number of hydrogen-bond donors (Lipinski definition) is 1. The van der Waals surface area contributed by atoms with E-state index in [9.17, 15) is 19.2 Å². The highest BCUT2D eigenvalue weighted by Crippen LogP contribution is 2.34. The van der Waals surface area contributed by atoms with E-state index < -0.39 is 23.8 Å². The van der Waals surface area contributed by atoms with Crippen LogP contribution in [0.3, 0.4) is 0 Å². The van der Waals surface area contributed by atoms with Crippen molar-refractivity contribution in [3.8, 4) is 0 Å². The summed E-state index contributed by atoms with van der Waals surface area (Å²) in [4.78, 5) is 50.9. The van der Waals surface area contributed by atoms with Gasteiger partial charge in [0.2, 0.25) is 11.8 Å². The fourth-order valence-corrected chi connectivity index (χ4v) is 4.64. The third kappa shape index (κ3) is 3.71. The summed E-state index contributed by atoms with van der Waals surface area (Å²) in [6.07, 6.45) is 3.53. The highest BCUT2D eigenvalue weighted by molar-refractivity contribution is 9.09. The number of nitrogens with zero attached hydrogens (tertiary/aromatic N) is 1. The van der Waals surface area contributed by atoms with E-state index in [4.69, 9.17) is 0 Å². The molecule has 1 N–H and O–H groups in total.